The van der Waals surface area contributed by atoms with Gasteiger partial charge in [0, 0.05) is 6.08 Å². The molecule has 0 N–H and O–H groups in total. The van der Waals surface area contributed by atoms with Crippen LogP contribution in [0.25, 0.3) is 0 Å². The molecular formula is C12H21Cl3O2Si. The van der Waals surface area contributed by atoms with E-state index in [9.17, 15) is 4.79 Å². The number of esters is 1. The zero-order chi connectivity index (χ0) is 14.0. The number of carbonyl (C=O) groups excluding carboxylic acids is 1. The first-order valence-corrected chi connectivity index (χ1v) is 11.5. The molecule has 106 valence electrons. The number of hydrogen-bond acceptors (Lipinski definition) is 2. The summed E-state index contributed by atoms with van der Waals surface area (Å²) in [5.74, 6) is 0.142. The number of unbranched alkanes of at least 4 members (excludes halogenated alkanes) is 2. The average Bonchev–Trinajstić information content (AvgIpc) is 2.29. The summed E-state index contributed by atoms with van der Waals surface area (Å²) in [7, 11) is 0. The minimum Gasteiger partial charge on any atom is -0.463 e. The smallest absolute Gasteiger partial charge is 0.341 e. The Labute approximate surface area is 125 Å². The second kappa shape index (κ2) is 10.1. The Hall–Kier alpha value is 0.297. The van der Waals surface area contributed by atoms with Crippen molar-refractivity contribution in [3.05, 3.63) is 12.7 Å². The second-order valence-corrected chi connectivity index (χ2v) is 13.5. The van der Waals surface area contributed by atoms with Crippen LogP contribution in [0.2, 0.25) is 6.04 Å². The molecule has 0 aromatic rings. The topological polar surface area (TPSA) is 26.3 Å². The molecule has 6 heteroatoms. The monoisotopic (exact) mass is 330 g/mol. The van der Waals surface area contributed by atoms with Gasteiger partial charge in [0.15, 0.2) is 0 Å². The van der Waals surface area contributed by atoms with E-state index in [0.717, 1.165) is 38.1 Å². The van der Waals surface area contributed by atoms with Gasteiger partial charge in [0.25, 0.3) is 0 Å². The quantitative estimate of drug-likeness (QED) is 0.186. The molecule has 18 heavy (non-hydrogen) atoms. The van der Waals surface area contributed by atoms with Crippen LogP contribution in [0.15, 0.2) is 12.7 Å². The molecule has 0 aliphatic heterocycles. The Bertz CT molecular complexity index is 254. The summed E-state index contributed by atoms with van der Waals surface area (Å²) < 4.78 is 4.89. The van der Waals surface area contributed by atoms with Crippen molar-refractivity contribution in [3.8, 4) is 0 Å². The van der Waals surface area contributed by atoms with Crippen LogP contribution >= 0.6 is 33.2 Å². The van der Waals surface area contributed by atoms with Crippen LogP contribution < -0.4 is 0 Å². The third kappa shape index (κ3) is 11.4. The van der Waals surface area contributed by atoms with Gasteiger partial charge < -0.3 is 4.74 Å². The maximum Gasteiger partial charge on any atom is 0.341 e. The van der Waals surface area contributed by atoms with Gasteiger partial charge in [-0.3, -0.25) is 0 Å². The molecule has 1 atom stereocenters. The Morgan fingerprint density at radius 2 is 2.00 bits per heavy atom. The van der Waals surface area contributed by atoms with E-state index < -0.39 is 6.00 Å². The van der Waals surface area contributed by atoms with Crippen LogP contribution in [0.4, 0.5) is 0 Å². The first kappa shape index (κ1) is 18.3. The van der Waals surface area contributed by atoms with Gasteiger partial charge in [-0.2, -0.15) is 0 Å². The SMILES string of the molecule is C=CC(=O)OCCCCCC(CC)C[Si](Cl)(Cl)Cl. The molecule has 0 fully saturated rings. The van der Waals surface area contributed by atoms with Gasteiger partial charge >= 0.3 is 12.0 Å². The van der Waals surface area contributed by atoms with Gasteiger partial charge in [-0.05, 0) is 18.4 Å². The standard InChI is InChI=1S/C12H21Cl3O2Si/c1-3-11(10-18(13,14)15)8-6-5-7-9-17-12(16)4-2/h4,11H,2-3,5-10H2,1H3. The molecule has 2 nitrogen and oxygen atoms in total. The van der Waals surface area contributed by atoms with Crippen molar-refractivity contribution in [3.63, 3.8) is 0 Å². The van der Waals surface area contributed by atoms with E-state index in [2.05, 4.69) is 13.5 Å². The Morgan fingerprint density at radius 3 is 2.50 bits per heavy atom. The molecule has 0 aliphatic rings. The van der Waals surface area contributed by atoms with E-state index in [4.69, 9.17) is 38.0 Å². The molecule has 0 heterocycles. The molecule has 1 unspecified atom stereocenters. The molecule has 0 aliphatic carbocycles. The van der Waals surface area contributed by atoms with Gasteiger partial charge in [0.2, 0.25) is 0 Å². The minimum absolute atomic E-state index is 0.358. The highest BCUT2D eigenvalue weighted by molar-refractivity contribution is 7.64. The molecule has 0 saturated heterocycles. The lowest BCUT2D eigenvalue weighted by Gasteiger charge is -2.17. The summed E-state index contributed by atoms with van der Waals surface area (Å²) in [4.78, 5) is 10.8. The van der Waals surface area contributed by atoms with Gasteiger partial charge in [-0.25, -0.2) is 4.79 Å². The summed E-state index contributed by atoms with van der Waals surface area (Å²) in [6.07, 6.45) is 6.29. The van der Waals surface area contributed by atoms with E-state index in [0.29, 0.717) is 12.5 Å². The number of halogens is 3. The fourth-order valence-corrected chi connectivity index (χ4v) is 4.83. The highest BCUT2D eigenvalue weighted by atomic mass is 35.8. The van der Waals surface area contributed by atoms with Crippen LogP contribution in [0.5, 0.6) is 0 Å². The third-order valence-corrected chi connectivity index (χ3v) is 5.19. The lowest BCUT2D eigenvalue weighted by Crippen LogP contribution is -2.15. The van der Waals surface area contributed by atoms with Crippen molar-refractivity contribution < 1.29 is 9.53 Å². The van der Waals surface area contributed by atoms with E-state index in [1.54, 1.807) is 0 Å². The fourth-order valence-electron chi connectivity index (χ4n) is 1.72. The zero-order valence-electron chi connectivity index (χ0n) is 10.8. The van der Waals surface area contributed by atoms with Crippen molar-refractivity contribution in [1.82, 2.24) is 0 Å². The van der Waals surface area contributed by atoms with Crippen molar-refractivity contribution in [2.45, 2.75) is 45.1 Å². The highest BCUT2D eigenvalue weighted by Crippen LogP contribution is 2.32. The van der Waals surface area contributed by atoms with Crippen LogP contribution in [0.1, 0.15) is 39.0 Å². The van der Waals surface area contributed by atoms with Crippen LogP contribution in [-0.4, -0.2) is 18.6 Å². The Balaban J connectivity index is 3.57. The van der Waals surface area contributed by atoms with E-state index in [-0.39, 0.29) is 5.97 Å². The van der Waals surface area contributed by atoms with Crippen molar-refractivity contribution >= 4 is 45.2 Å². The molecule has 0 aromatic carbocycles. The maximum atomic E-state index is 10.8. The summed E-state index contributed by atoms with van der Waals surface area (Å²) >= 11 is 17.8. The number of carbonyl (C=O) groups is 1. The molecule has 0 spiro atoms. The molecular weight excluding hydrogens is 311 g/mol. The average molecular weight is 332 g/mol. The third-order valence-electron chi connectivity index (χ3n) is 2.77. The Kier molecular flexibility index (Phi) is 10.3. The van der Waals surface area contributed by atoms with Gasteiger partial charge in [-0.1, -0.05) is 39.2 Å². The van der Waals surface area contributed by atoms with E-state index in [1.165, 1.54) is 6.08 Å². The van der Waals surface area contributed by atoms with Crippen molar-refractivity contribution in [2.24, 2.45) is 5.92 Å². The highest BCUT2D eigenvalue weighted by Gasteiger charge is 2.28. The minimum atomic E-state index is -2.50. The summed E-state index contributed by atoms with van der Waals surface area (Å²) in [6.45, 7) is 5.92. The van der Waals surface area contributed by atoms with Crippen molar-refractivity contribution in [1.29, 1.82) is 0 Å². The van der Waals surface area contributed by atoms with Crippen LogP contribution in [0.3, 0.4) is 0 Å². The first-order chi connectivity index (χ1) is 8.39. The summed E-state index contributed by atoms with van der Waals surface area (Å²) in [6, 6.07) is -1.76. The summed E-state index contributed by atoms with van der Waals surface area (Å²) in [5, 5.41) is 0. The number of hydrogen-bond donors (Lipinski definition) is 0. The number of ether oxygens (including phenoxy) is 1. The van der Waals surface area contributed by atoms with Crippen LogP contribution in [-0.2, 0) is 9.53 Å². The molecule has 0 rings (SSSR count). The molecule has 0 bridgehead atoms. The molecule has 0 amide bonds. The molecule has 0 radical (unpaired) electrons. The Morgan fingerprint density at radius 1 is 1.33 bits per heavy atom. The second-order valence-electron chi connectivity index (χ2n) is 4.31. The molecule has 0 saturated carbocycles. The predicted molar refractivity (Wildman–Crippen MR) is 81.5 cm³/mol. The maximum absolute atomic E-state index is 10.8. The van der Waals surface area contributed by atoms with Gasteiger partial charge in [0.05, 0.1) is 6.61 Å². The molecule has 0 aromatic heterocycles. The van der Waals surface area contributed by atoms with E-state index in [1.807, 2.05) is 0 Å². The predicted octanol–water partition coefficient (Wildman–Crippen LogP) is 4.96. The lowest BCUT2D eigenvalue weighted by atomic mass is 10.0. The van der Waals surface area contributed by atoms with Crippen molar-refractivity contribution in [2.75, 3.05) is 6.61 Å². The van der Waals surface area contributed by atoms with E-state index >= 15 is 0 Å². The largest absolute Gasteiger partial charge is 0.463 e. The summed E-state index contributed by atoms with van der Waals surface area (Å²) in [5.41, 5.74) is 0. The zero-order valence-corrected chi connectivity index (χ0v) is 14.0. The van der Waals surface area contributed by atoms with Crippen LogP contribution in [0, 0.1) is 5.92 Å². The first-order valence-electron chi connectivity index (χ1n) is 6.25. The normalized spacial score (nSPS) is 13.1. The van der Waals surface area contributed by atoms with Gasteiger partial charge in [-0.15, -0.1) is 33.2 Å². The van der Waals surface area contributed by atoms with Gasteiger partial charge in [0.1, 0.15) is 0 Å². The number of rotatable bonds is 10. The lowest BCUT2D eigenvalue weighted by molar-refractivity contribution is -0.137. The fraction of sp³-hybridized carbons (Fsp3) is 0.750.